The Hall–Kier alpha value is -1.73. The number of ether oxygens (including phenoxy) is 2. The fourth-order valence-corrected chi connectivity index (χ4v) is 1.61. The summed E-state index contributed by atoms with van der Waals surface area (Å²) in [4.78, 5) is 24.6. The smallest absolute Gasteiger partial charge is 0.330 e. The molecule has 0 bridgehead atoms. The molecule has 1 aromatic rings. The van der Waals surface area contributed by atoms with Crippen molar-refractivity contribution < 1.29 is 13.9 Å². The highest BCUT2D eigenvalue weighted by molar-refractivity contribution is 4.88. The minimum atomic E-state index is -1.04. The molecule has 0 aliphatic carbocycles. The van der Waals surface area contributed by atoms with E-state index in [2.05, 4.69) is 6.58 Å². The van der Waals surface area contributed by atoms with Gasteiger partial charge in [-0.25, -0.2) is 4.79 Å². The van der Waals surface area contributed by atoms with Gasteiger partial charge in [0.25, 0.3) is 5.56 Å². The number of hydrogen-bond acceptors (Lipinski definition) is 4. The molecule has 1 unspecified atom stereocenters. The van der Waals surface area contributed by atoms with Gasteiger partial charge in [0.15, 0.2) is 0 Å². The lowest BCUT2D eigenvalue weighted by molar-refractivity contribution is -0.0567. The lowest BCUT2D eigenvalue weighted by Crippen LogP contribution is -2.35. The molecule has 0 radical (unpaired) electrons. The van der Waals surface area contributed by atoms with Crippen LogP contribution in [0.4, 0.5) is 4.39 Å². The van der Waals surface area contributed by atoms with E-state index in [1.54, 1.807) is 19.9 Å². The van der Waals surface area contributed by atoms with Crippen molar-refractivity contribution in [1.82, 2.24) is 9.55 Å². The first-order valence-electron chi connectivity index (χ1n) is 6.30. The van der Waals surface area contributed by atoms with E-state index in [9.17, 15) is 14.0 Å². The summed E-state index contributed by atoms with van der Waals surface area (Å²) in [5, 5.41) is 0. The predicted octanol–water partition coefficient (Wildman–Crippen LogP) is 1.19. The lowest BCUT2D eigenvalue weighted by atomic mass is 10.3. The Morgan fingerprint density at radius 3 is 2.80 bits per heavy atom. The van der Waals surface area contributed by atoms with Crippen molar-refractivity contribution in [3.05, 3.63) is 45.5 Å². The molecule has 6 nitrogen and oxygen atoms in total. The Morgan fingerprint density at radius 1 is 1.50 bits per heavy atom. The molecular formula is C13H19FN2O4. The van der Waals surface area contributed by atoms with Gasteiger partial charge in [0, 0.05) is 6.42 Å². The Bertz CT molecular complexity index is 550. The SMILES string of the molecule is C=CCOCCC(OC(C)C)n1cc(F)c(=O)[nH]c1=O. The van der Waals surface area contributed by atoms with E-state index in [1.807, 2.05) is 4.98 Å². The van der Waals surface area contributed by atoms with E-state index < -0.39 is 23.3 Å². The molecule has 0 aromatic carbocycles. The second-order valence-electron chi connectivity index (χ2n) is 4.44. The number of aromatic nitrogens is 2. The van der Waals surface area contributed by atoms with Gasteiger partial charge in [0.05, 0.1) is 25.5 Å². The molecule has 1 atom stereocenters. The summed E-state index contributed by atoms with van der Waals surface area (Å²) in [6.07, 6.45) is 1.92. The predicted molar refractivity (Wildman–Crippen MR) is 72.2 cm³/mol. The molecule has 0 aliphatic heterocycles. The molecule has 0 saturated carbocycles. The van der Waals surface area contributed by atoms with Crippen molar-refractivity contribution in [3.8, 4) is 0 Å². The van der Waals surface area contributed by atoms with Crippen LogP contribution in [0.3, 0.4) is 0 Å². The highest BCUT2D eigenvalue weighted by atomic mass is 19.1. The molecule has 1 aromatic heterocycles. The molecule has 0 fully saturated rings. The first-order chi connectivity index (χ1) is 9.45. The van der Waals surface area contributed by atoms with E-state index in [1.165, 1.54) is 0 Å². The van der Waals surface area contributed by atoms with Crippen molar-refractivity contribution in [1.29, 1.82) is 0 Å². The zero-order valence-electron chi connectivity index (χ0n) is 11.6. The average molecular weight is 286 g/mol. The van der Waals surface area contributed by atoms with Gasteiger partial charge in [0.2, 0.25) is 5.82 Å². The molecule has 112 valence electrons. The summed E-state index contributed by atoms with van der Waals surface area (Å²) >= 11 is 0. The van der Waals surface area contributed by atoms with E-state index >= 15 is 0 Å². The normalized spacial score (nSPS) is 12.6. The summed E-state index contributed by atoms with van der Waals surface area (Å²) < 4.78 is 25.1. The van der Waals surface area contributed by atoms with Crippen LogP contribution in [-0.2, 0) is 9.47 Å². The number of hydrogen-bond donors (Lipinski definition) is 1. The molecule has 7 heteroatoms. The van der Waals surface area contributed by atoms with Gasteiger partial charge >= 0.3 is 5.69 Å². The largest absolute Gasteiger partial charge is 0.377 e. The Morgan fingerprint density at radius 2 is 2.20 bits per heavy atom. The average Bonchev–Trinajstić information content (AvgIpc) is 2.37. The number of H-pyrrole nitrogens is 1. The van der Waals surface area contributed by atoms with Gasteiger partial charge in [-0.05, 0) is 13.8 Å². The van der Waals surface area contributed by atoms with Crippen molar-refractivity contribution in [2.75, 3.05) is 13.2 Å². The summed E-state index contributed by atoms with van der Waals surface area (Å²) in [6.45, 7) is 7.81. The van der Waals surface area contributed by atoms with Crippen LogP contribution >= 0.6 is 0 Å². The quantitative estimate of drug-likeness (QED) is 0.575. The second kappa shape index (κ2) is 7.76. The Kier molecular flexibility index (Phi) is 6.33. The highest BCUT2D eigenvalue weighted by Gasteiger charge is 2.16. The molecule has 0 saturated heterocycles. The first kappa shape index (κ1) is 16.3. The van der Waals surface area contributed by atoms with Gasteiger partial charge in [-0.1, -0.05) is 6.08 Å². The van der Waals surface area contributed by atoms with E-state index in [0.717, 1.165) is 10.8 Å². The fraction of sp³-hybridized carbons (Fsp3) is 0.538. The molecule has 0 spiro atoms. The summed E-state index contributed by atoms with van der Waals surface area (Å²) in [5.41, 5.74) is -1.76. The van der Waals surface area contributed by atoms with Crippen molar-refractivity contribution in [2.45, 2.75) is 32.6 Å². The van der Waals surface area contributed by atoms with Crippen LogP contribution in [0.1, 0.15) is 26.5 Å². The van der Waals surface area contributed by atoms with Crippen LogP contribution in [0.25, 0.3) is 0 Å². The maximum Gasteiger partial charge on any atom is 0.330 e. The van der Waals surface area contributed by atoms with Crippen molar-refractivity contribution in [3.63, 3.8) is 0 Å². The standard InChI is InChI=1S/C13H19FN2O4/c1-4-6-19-7-5-11(20-9(2)3)16-8-10(14)12(17)15-13(16)18/h4,8-9,11H,1,5-7H2,2-3H3,(H,15,17,18). The Labute approximate surface area is 115 Å². The van der Waals surface area contributed by atoms with Crippen molar-refractivity contribution >= 4 is 0 Å². The molecule has 1 heterocycles. The van der Waals surface area contributed by atoms with Gasteiger partial charge in [0.1, 0.15) is 6.23 Å². The third-order valence-corrected chi connectivity index (χ3v) is 2.41. The van der Waals surface area contributed by atoms with Crippen LogP contribution in [0, 0.1) is 5.82 Å². The number of nitrogens with one attached hydrogen (secondary N) is 1. The topological polar surface area (TPSA) is 73.3 Å². The Balaban J connectivity index is 2.92. The molecule has 1 N–H and O–H groups in total. The van der Waals surface area contributed by atoms with Crippen LogP contribution in [-0.4, -0.2) is 28.9 Å². The van der Waals surface area contributed by atoms with Crippen LogP contribution in [0.15, 0.2) is 28.4 Å². The van der Waals surface area contributed by atoms with Gasteiger partial charge < -0.3 is 9.47 Å². The third-order valence-electron chi connectivity index (χ3n) is 2.41. The fourth-order valence-electron chi connectivity index (χ4n) is 1.61. The van der Waals surface area contributed by atoms with Gasteiger partial charge in [-0.15, -0.1) is 6.58 Å². The lowest BCUT2D eigenvalue weighted by Gasteiger charge is -2.22. The molecule has 20 heavy (non-hydrogen) atoms. The highest BCUT2D eigenvalue weighted by Crippen LogP contribution is 2.13. The molecule has 0 amide bonds. The zero-order chi connectivity index (χ0) is 15.1. The third kappa shape index (κ3) is 4.75. The van der Waals surface area contributed by atoms with Crippen LogP contribution in [0.5, 0.6) is 0 Å². The maximum absolute atomic E-state index is 13.3. The summed E-state index contributed by atoms with van der Waals surface area (Å²) in [5.74, 6) is -1.03. The first-order valence-corrected chi connectivity index (χ1v) is 6.30. The number of aromatic amines is 1. The summed E-state index contributed by atoms with van der Waals surface area (Å²) in [7, 11) is 0. The minimum absolute atomic E-state index is 0.165. The number of rotatable bonds is 8. The molecular weight excluding hydrogens is 267 g/mol. The van der Waals surface area contributed by atoms with Gasteiger partial charge in [-0.2, -0.15) is 4.39 Å². The maximum atomic E-state index is 13.3. The van der Waals surface area contributed by atoms with E-state index in [0.29, 0.717) is 19.6 Å². The monoisotopic (exact) mass is 286 g/mol. The molecule has 1 rings (SSSR count). The van der Waals surface area contributed by atoms with E-state index in [4.69, 9.17) is 9.47 Å². The minimum Gasteiger partial charge on any atom is -0.377 e. The number of nitrogens with zero attached hydrogens (tertiary/aromatic N) is 1. The summed E-state index contributed by atoms with van der Waals surface area (Å²) in [6, 6.07) is 0. The van der Waals surface area contributed by atoms with Crippen LogP contribution < -0.4 is 11.2 Å². The van der Waals surface area contributed by atoms with E-state index in [-0.39, 0.29) is 6.10 Å². The van der Waals surface area contributed by atoms with Crippen LogP contribution in [0.2, 0.25) is 0 Å². The molecule has 0 aliphatic rings. The zero-order valence-corrected chi connectivity index (χ0v) is 11.6. The number of halogens is 1. The van der Waals surface area contributed by atoms with Gasteiger partial charge in [-0.3, -0.25) is 14.3 Å². The second-order valence-corrected chi connectivity index (χ2v) is 4.44. The van der Waals surface area contributed by atoms with Crippen molar-refractivity contribution in [2.24, 2.45) is 0 Å².